The normalized spacial score (nSPS) is 5.90. The molecule has 0 saturated carbocycles. The van der Waals surface area contributed by atoms with E-state index in [0.717, 1.165) is 0 Å². The molecule has 54 valence electrons. The van der Waals surface area contributed by atoms with Crippen LogP contribution in [0.2, 0.25) is 0 Å². The number of carboxylic acids is 1. The highest BCUT2D eigenvalue weighted by Crippen LogP contribution is 1.50. The molecule has 0 aromatic rings. The maximum atomic E-state index is 9.54. The zero-order valence-corrected chi connectivity index (χ0v) is 5.46. The fraction of sp³-hybridized carbons (Fsp3) is 0.400. The molecule has 0 aliphatic carbocycles. The van der Waals surface area contributed by atoms with Crippen LogP contribution in [0.4, 0.5) is 0 Å². The van der Waals surface area contributed by atoms with Gasteiger partial charge in [-0.05, 0) is 7.05 Å². The van der Waals surface area contributed by atoms with E-state index in [-0.39, 0.29) is 6.54 Å². The molecule has 2 N–H and O–H groups in total. The van der Waals surface area contributed by atoms with Crippen LogP contribution in [0, 0.1) is 22.7 Å². The summed E-state index contributed by atoms with van der Waals surface area (Å²) >= 11 is 0. The Morgan fingerprint density at radius 3 is 2.00 bits per heavy atom. The van der Waals surface area contributed by atoms with Gasteiger partial charge in [0, 0.05) is 0 Å². The first-order valence-electron chi connectivity index (χ1n) is 2.33. The van der Waals surface area contributed by atoms with Gasteiger partial charge in [0.1, 0.15) is 0 Å². The lowest BCUT2D eigenvalue weighted by atomic mass is 10.7. The van der Waals surface area contributed by atoms with E-state index in [9.17, 15) is 4.79 Å². The van der Waals surface area contributed by atoms with Crippen molar-refractivity contribution in [3.63, 3.8) is 0 Å². The molecule has 0 heterocycles. The van der Waals surface area contributed by atoms with Crippen LogP contribution in [0.1, 0.15) is 0 Å². The Kier molecular flexibility index (Phi) is 11.7. The number of likely N-dealkylation sites (N-methyl/N-ethyl adjacent to an activating group) is 1. The molecule has 0 fully saturated rings. The highest BCUT2D eigenvalue weighted by Gasteiger charge is 1.86. The summed E-state index contributed by atoms with van der Waals surface area (Å²) in [6.07, 6.45) is 0. The Morgan fingerprint density at radius 1 is 1.60 bits per heavy atom. The summed E-state index contributed by atoms with van der Waals surface area (Å²) in [5, 5.41) is 24.8. The molecule has 0 aromatic heterocycles. The van der Waals surface area contributed by atoms with Crippen LogP contribution < -0.4 is 5.32 Å². The molecule has 0 aliphatic rings. The first-order valence-corrected chi connectivity index (χ1v) is 2.33. The number of nitrogens with one attached hydrogen (secondary N) is 1. The number of nitrogens with zero attached hydrogens (tertiary/aromatic N) is 2. The molecule has 0 atom stereocenters. The Balaban J connectivity index is 0. The minimum atomic E-state index is -0.822. The summed E-state index contributed by atoms with van der Waals surface area (Å²) in [5.74, 6) is -0.822. The first kappa shape index (κ1) is 11.2. The van der Waals surface area contributed by atoms with Crippen molar-refractivity contribution >= 4 is 5.97 Å². The summed E-state index contributed by atoms with van der Waals surface area (Å²) in [6.45, 7) is 0.0417. The Bertz CT molecular complexity index is 153. The van der Waals surface area contributed by atoms with Gasteiger partial charge in [-0.25, -0.2) is 0 Å². The molecule has 5 nitrogen and oxygen atoms in total. The van der Waals surface area contributed by atoms with Gasteiger partial charge in [-0.2, -0.15) is 10.5 Å². The van der Waals surface area contributed by atoms with Gasteiger partial charge in [-0.3, -0.25) is 4.79 Å². The van der Waals surface area contributed by atoms with E-state index in [1.165, 1.54) is 12.1 Å². The average Bonchev–Trinajstić information content (AvgIpc) is 1.89. The highest BCUT2D eigenvalue weighted by molar-refractivity contribution is 5.68. The molecule has 0 aromatic carbocycles. The van der Waals surface area contributed by atoms with Crippen LogP contribution in [0.25, 0.3) is 0 Å². The minimum absolute atomic E-state index is 0.0417. The molecule has 0 bridgehead atoms. The lowest BCUT2D eigenvalue weighted by Crippen LogP contribution is -2.16. The van der Waals surface area contributed by atoms with Gasteiger partial charge in [0.2, 0.25) is 0 Å². The lowest BCUT2D eigenvalue weighted by molar-refractivity contribution is -0.135. The maximum absolute atomic E-state index is 9.54. The quantitative estimate of drug-likeness (QED) is 0.531. The second-order valence-electron chi connectivity index (χ2n) is 1.15. The van der Waals surface area contributed by atoms with Gasteiger partial charge < -0.3 is 10.4 Å². The summed E-state index contributed by atoms with van der Waals surface area (Å²) in [5.41, 5.74) is 0. The first-order chi connectivity index (χ1) is 4.68. The number of hydrogen-bond acceptors (Lipinski definition) is 4. The van der Waals surface area contributed by atoms with Gasteiger partial charge in [0.25, 0.3) is 0 Å². The van der Waals surface area contributed by atoms with Crippen LogP contribution in [0.15, 0.2) is 0 Å². The maximum Gasteiger partial charge on any atom is 0.317 e. The molecule has 0 saturated heterocycles. The number of hydrogen-bond donors (Lipinski definition) is 2. The van der Waals surface area contributed by atoms with Crippen molar-refractivity contribution in [3.05, 3.63) is 0 Å². The van der Waals surface area contributed by atoms with Crippen LogP contribution in [0.3, 0.4) is 0 Å². The Hall–Kier alpha value is -1.59. The third kappa shape index (κ3) is 32.3. The van der Waals surface area contributed by atoms with E-state index in [1.807, 2.05) is 0 Å². The number of aliphatic carboxylic acids is 1. The summed E-state index contributed by atoms with van der Waals surface area (Å²) < 4.78 is 0. The zero-order chi connectivity index (χ0) is 8.41. The van der Waals surface area contributed by atoms with E-state index in [4.69, 9.17) is 15.6 Å². The topological polar surface area (TPSA) is 96.9 Å². The van der Waals surface area contributed by atoms with Gasteiger partial charge in [0.05, 0.1) is 6.54 Å². The Labute approximate surface area is 58.5 Å². The third-order valence-electron chi connectivity index (χ3n) is 0.378. The highest BCUT2D eigenvalue weighted by atomic mass is 16.4. The van der Waals surface area contributed by atoms with Crippen molar-refractivity contribution in [2.75, 3.05) is 13.6 Å². The van der Waals surface area contributed by atoms with Crippen molar-refractivity contribution in [1.29, 1.82) is 10.5 Å². The SMILES string of the molecule is CNCC(=O)O.N#CC#N. The van der Waals surface area contributed by atoms with Crippen LogP contribution >= 0.6 is 0 Å². The molecular formula is C5H7N3O2. The molecular weight excluding hydrogens is 134 g/mol. The number of nitriles is 2. The summed E-state index contributed by atoms with van der Waals surface area (Å²) in [6, 6.07) is 2.47. The molecule has 5 heteroatoms. The van der Waals surface area contributed by atoms with Crippen LogP contribution in [-0.4, -0.2) is 24.7 Å². The predicted molar refractivity (Wildman–Crippen MR) is 32.8 cm³/mol. The number of carbonyl (C=O) groups is 1. The number of rotatable bonds is 2. The predicted octanol–water partition coefficient (Wildman–Crippen LogP) is -0.676. The van der Waals surface area contributed by atoms with Crippen LogP contribution in [0.5, 0.6) is 0 Å². The minimum Gasteiger partial charge on any atom is -0.480 e. The molecule has 10 heavy (non-hydrogen) atoms. The van der Waals surface area contributed by atoms with E-state index in [2.05, 4.69) is 5.32 Å². The van der Waals surface area contributed by atoms with Crippen molar-refractivity contribution in [2.24, 2.45) is 0 Å². The average molecular weight is 141 g/mol. The van der Waals surface area contributed by atoms with Crippen molar-refractivity contribution < 1.29 is 9.90 Å². The van der Waals surface area contributed by atoms with E-state index < -0.39 is 5.97 Å². The standard InChI is InChI=1S/C3H7NO2.C2N2/c1-4-2-3(5)6;3-1-2-4/h4H,2H2,1H3,(H,5,6);. The monoisotopic (exact) mass is 141 g/mol. The third-order valence-corrected chi connectivity index (χ3v) is 0.378. The van der Waals surface area contributed by atoms with Crippen molar-refractivity contribution in [2.45, 2.75) is 0 Å². The van der Waals surface area contributed by atoms with E-state index >= 15 is 0 Å². The van der Waals surface area contributed by atoms with Gasteiger partial charge in [-0.15, -0.1) is 0 Å². The van der Waals surface area contributed by atoms with Crippen molar-refractivity contribution in [1.82, 2.24) is 5.32 Å². The van der Waals surface area contributed by atoms with Crippen LogP contribution in [-0.2, 0) is 4.79 Å². The summed E-state index contributed by atoms with van der Waals surface area (Å²) in [4.78, 5) is 9.54. The fourth-order valence-electron chi connectivity index (χ4n) is 0.151. The molecule has 0 amide bonds. The molecule has 0 spiro atoms. The smallest absolute Gasteiger partial charge is 0.317 e. The zero-order valence-electron chi connectivity index (χ0n) is 5.46. The molecule has 0 aliphatic heterocycles. The van der Waals surface area contributed by atoms with Gasteiger partial charge in [0.15, 0.2) is 12.1 Å². The van der Waals surface area contributed by atoms with Gasteiger partial charge >= 0.3 is 5.97 Å². The molecule has 0 unspecified atom stereocenters. The van der Waals surface area contributed by atoms with Crippen molar-refractivity contribution in [3.8, 4) is 12.1 Å². The van der Waals surface area contributed by atoms with Gasteiger partial charge in [-0.1, -0.05) is 0 Å². The number of carboxylic acid groups (broad SMARTS) is 1. The molecule has 0 rings (SSSR count). The second kappa shape index (κ2) is 10.4. The molecule has 0 radical (unpaired) electrons. The summed E-state index contributed by atoms with van der Waals surface area (Å²) in [7, 11) is 1.59. The second-order valence-corrected chi connectivity index (χ2v) is 1.15. The fourth-order valence-corrected chi connectivity index (χ4v) is 0.151. The Morgan fingerprint density at radius 2 is 2.00 bits per heavy atom. The van der Waals surface area contributed by atoms with E-state index in [1.54, 1.807) is 7.05 Å². The lowest BCUT2D eigenvalue weighted by Gasteiger charge is -1.84. The van der Waals surface area contributed by atoms with E-state index in [0.29, 0.717) is 0 Å². The largest absolute Gasteiger partial charge is 0.480 e.